The second-order valence-electron chi connectivity index (χ2n) is 7.87. The highest BCUT2D eigenvalue weighted by Gasteiger charge is 2.27. The van der Waals surface area contributed by atoms with Crippen LogP contribution in [0.4, 0.5) is 11.5 Å². The molecule has 1 fully saturated rings. The molecule has 1 N–H and O–H groups in total. The van der Waals surface area contributed by atoms with Gasteiger partial charge in [0.05, 0.1) is 6.54 Å². The quantitative estimate of drug-likeness (QED) is 0.666. The Morgan fingerprint density at radius 2 is 2.00 bits per heavy atom. The van der Waals surface area contributed by atoms with E-state index < -0.39 is 0 Å². The molecule has 1 aromatic heterocycles. The van der Waals surface area contributed by atoms with E-state index in [4.69, 9.17) is 0 Å². The Bertz CT molecular complexity index is 871. The van der Waals surface area contributed by atoms with E-state index in [9.17, 15) is 9.59 Å². The van der Waals surface area contributed by atoms with Gasteiger partial charge in [-0.15, -0.1) is 5.10 Å². The number of amides is 2. The largest absolute Gasteiger partial charge is 0.351 e. The minimum Gasteiger partial charge on any atom is -0.351 e. The van der Waals surface area contributed by atoms with Crippen LogP contribution in [0.5, 0.6) is 0 Å². The first kappa shape index (κ1) is 22.7. The molecule has 31 heavy (non-hydrogen) atoms. The summed E-state index contributed by atoms with van der Waals surface area (Å²) in [4.78, 5) is 31.2. The lowest BCUT2D eigenvalue weighted by Gasteiger charge is -2.29. The molecule has 0 bridgehead atoms. The predicted octanol–water partition coefficient (Wildman–Crippen LogP) is 2.50. The standard InChI is InChI=1S/C23H32N6O2/c1-4-28(5-2)23(31)18-9-6-10-19(15-18)25-22(30)17-27(3)16-20-11-8-14-29(20)21-12-7-13-24-26-21/h6-7,9-10,12-13,15,20H,4-5,8,11,14,16-17H2,1-3H3,(H,25,30). The monoisotopic (exact) mass is 424 g/mol. The average Bonchev–Trinajstić information content (AvgIpc) is 3.23. The molecule has 1 unspecified atom stereocenters. The van der Waals surface area contributed by atoms with Crippen molar-refractivity contribution in [2.75, 3.05) is 50.0 Å². The first-order valence-corrected chi connectivity index (χ1v) is 10.9. The van der Waals surface area contributed by atoms with Crippen molar-refractivity contribution in [3.63, 3.8) is 0 Å². The van der Waals surface area contributed by atoms with E-state index in [1.165, 1.54) is 0 Å². The molecule has 0 spiro atoms. The van der Waals surface area contributed by atoms with Gasteiger partial charge in [0, 0.05) is 49.7 Å². The van der Waals surface area contributed by atoms with E-state index in [2.05, 4.69) is 20.4 Å². The van der Waals surface area contributed by atoms with Gasteiger partial charge in [-0.2, -0.15) is 5.10 Å². The number of nitrogens with zero attached hydrogens (tertiary/aromatic N) is 5. The predicted molar refractivity (Wildman–Crippen MR) is 122 cm³/mol. The zero-order valence-electron chi connectivity index (χ0n) is 18.6. The lowest BCUT2D eigenvalue weighted by Crippen LogP contribution is -2.42. The van der Waals surface area contributed by atoms with E-state index in [0.717, 1.165) is 31.7 Å². The van der Waals surface area contributed by atoms with E-state index in [1.54, 1.807) is 29.3 Å². The molecule has 8 heteroatoms. The molecule has 0 aliphatic carbocycles. The Morgan fingerprint density at radius 1 is 1.19 bits per heavy atom. The number of hydrogen-bond acceptors (Lipinski definition) is 6. The SMILES string of the molecule is CCN(CC)C(=O)c1cccc(NC(=O)CN(C)CC2CCCN2c2cccnn2)c1. The van der Waals surface area contributed by atoms with Crippen molar-refractivity contribution in [3.05, 3.63) is 48.2 Å². The lowest BCUT2D eigenvalue weighted by molar-refractivity contribution is -0.117. The average molecular weight is 425 g/mol. The van der Waals surface area contributed by atoms with Crippen LogP contribution >= 0.6 is 0 Å². The molecular weight excluding hydrogens is 392 g/mol. The highest BCUT2D eigenvalue weighted by Crippen LogP contribution is 2.23. The van der Waals surface area contributed by atoms with Crippen LogP contribution in [0.3, 0.4) is 0 Å². The Labute approximate surface area is 184 Å². The lowest BCUT2D eigenvalue weighted by atomic mass is 10.1. The Kier molecular flexibility index (Phi) is 7.94. The molecule has 3 rings (SSSR count). The van der Waals surface area contributed by atoms with E-state index in [1.807, 2.05) is 44.0 Å². The van der Waals surface area contributed by atoms with Gasteiger partial charge in [0.2, 0.25) is 5.91 Å². The summed E-state index contributed by atoms with van der Waals surface area (Å²) < 4.78 is 0. The molecule has 0 saturated carbocycles. The number of hydrogen-bond donors (Lipinski definition) is 1. The van der Waals surface area contributed by atoms with Gasteiger partial charge < -0.3 is 15.1 Å². The normalized spacial score (nSPS) is 15.9. The number of nitrogens with one attached hydrogen (secondary N) is 1. The van der Waals surface area contributed by atoms with Crippen LogP contribution in [0.1, 0.15) is 37.0 Å². The summed E-state index contributed by atoms with van der Waals surface area (Å²) in [5, 5.41) is 11.1. The highest BCUT2D eigenvalue weighted by molar-refractivity contribution is 5.97. The van der Waals surface area contributed by atoms with E-state index in [-0.39, 0.29) is 18.4 Å². The van der Waals surface area contributed by atoms with Crippen molar-refractivity contribution in [2.24, 2.45) is 0 Å². The summed E-state index contributed by atoms with van der Waals surface area (Å²) in [7, 11) is 1.95. The Hall–Kier alpha value is -3.00. The summed E-state index contributed by atoms with van der Waals surface area (Å²) in [6, 6.07) is 11.3. The topological polar surface area (TPSA) is 81.7 Å². The number of aromatic nitrogens is 2. The fourth-order valence-corrected chi connectivity index (χ4v) is 4.07. The minimum absolute atomic E-state index is 0.0245. The van der Waals surface area contributed by atoms with Crippen LogP contribution in [-0.4, -0.2) is 77.6 Å². The molecule has 2 amide bonds. The maximum atomic E-state index is 12.6. The third kappa shape index (κ3) is 6.01. The molecule has 1 aromatic carbocycles. The van der Waals surface area contributed by atoms with Gasteiger partial charge >= 0.3 is 0 Å². The second-order valence-corrected chi connectivity index (χ2v) is 7.87. The number of carbonyl (C=O) groups excluding carboxylic acids is 2. The molecule has 0 radical (unpaired) electrons. The smallest absolute Gasteiger partial charge is 0.253 e. The van der Waals surface area contributed by atoms with Crippen molar-refractivity contribution in [3.8, 4) is 0 Å². The van der Waals surface area contributed by atoms with Crippen LogP contribution in [0, 0.1) is 0 Å². The first-order chi connectivity index (χ1) is 15.0. The number of benzene rings is 1. The summed E-state index contributed by atoms with van der Waals surface area (Å²) in [5.41, 5.74) is 1.22. The van der Waals surface area contributed by atoms with Gasteiger partial charge in [0.15, 0.2) is 5.82 Å². The number of likely N-dealkylation sites (N-methyl/N-ethyl adjacent to an activating group) is 1. The summed E-state index contributed by atoms with van der Waals surface area (Å²) >= 11 is 0. The molecule has 2 aromatic rings. The van der Waals surface area contributed by atoms with Crippen LogP contribution in [0.25, 0.3) is 0 Å². The van der Waals surface area contributed by atoms with Gasteiger partial charge in [-0.1, -0.05) is 6.07 Å². The van der Waals surface area contributed by atoms with Crippen molar-refractivity contribution >= 4 is 23.3 Å². The zero-order chi connectivity index (χ0) is 22.2. The molecule has 1 aliphatic rings. The third-order valence-corrected chi connectivity index (χ3v) is 5.61. The summed E-state index contributed by atoms with van der Waals surface area (Å²) in [5.74, 6) is 0.764. The maximum absolute atomic E-state index is 12.6. The highest BCUT2D eigenvalue weighted by atomic mass is 16.2. The van der Waals surface area contributed by atoms with Gasteiger partial charge in [-0.25, -0.2) is 0 Å². The van der Waals surface area contributed by atoms with Crippen molar-refractivity contribution in [1.29, 1.82) is 0 Å². The molecule has 2 heterocycles. The van der Waals surface area contributed by atoms with Crippen molar-refractivity contribution < 1.29 is 9.59 Å². The van der Waals surface area contributed by atoms with Crippen molar-refractivity contribution in [2.45, 2.75) is 32.7 Å². The maximum Gasteiger partial charge on any atom is 0.253 e. The van der Waals surface area contributed by atoms with E-state index >= 15 is 0 Å². The first-order valence-electron chi connectivity index (χ1n) is 10.9. The summed E-state index contributed by atoms with van der Waals surface area (Å²) in [6.45, 7) is 7.23. The van der Waals surface area contributed by atoms with Crippen LogP contribution < -0.4 is 10.2 Å². The molecule has 1 aliphatic heterocycles. The van der Waals surface area contributed by atoms with Gasteiger partial charge in [0.25, 0.3) is 5.91 Å². The molecule has 8 nitrogen and oxygen atoms in total. The molecular formula is C23H32N6O2. The Balaban J connectivity index is 1.55. The Morgan fingerprint density at radius 3 is 2.71 bits per heavy atom. The fraction of sp³-hybridized carbons (Fsp3) is 0.478. The minimum atomic E-state index is -0.0982. The number of rotatable bonds is 9. The fourth-order valence-electron chi connectivity index (χ4n) is 4.07. The van der Waals surface area contributed by atoms with E-state index in [0.29, 0.717) is 30.4 Å². The number of anilines is 2. The van der Waals surface area contributed by atoms with Gasteiger partial charge in [-0.05, 0) is 64.1 Å². The number of carbonyl (C=O) groups is 2. The van der Waals surface area contributed by atoms with Gasteiger partial charge in [-0.3, -0.25) is 14.5 Å². The second kappa shape index (κ2) is 10.9. The van der Waals surface area contributed by atoms with Crippen LogP contribution in [-0.2, 0) is 4.79 Å². The van der Waals surface area contributed by atoms with Crippen molar-refractivity contribution in [1.82, 2.24) is 20.0 Å². The third-order valence-electron chi connectivity index (χ3n) is 5.61. The zero-order valence-corrected chi connectivity index (χ0v) is 18.6. The summed E-state index contributed by atoms with van der Waals surface area (Å²) in [6.07, 6.45) is 3.85. The van der Waals surface area contributed by atoms with Crippen LogP contribution in [0.15, 0.2) is 42.6 Å². The molecule has 166 valence electrons. The van der Waals surface area contributed by atoms with Gasteiger partial charge in [0.1, 0.15) is 0 Å². The molecule has 1 atom stereocenters. The van der Waals surface area contributed by atoms with Crippen LogP contribution in [0.2, 0.25) is 0 Å². The molecule has 1 saturated heterocycles.